The zero-order chi connectivity index (χ0) is 17.4. The number of carbonyl (C=O) groups excluding carboxylic acids is 1. The normalized spacial score (nSPS) is 10.7. The molecule has 0 spiro atoms. The number of benzene rings is 1. The molecule has 1 heterocycles. The first-order valence-electron chi connectivity index (χ1n) is 8.08. The second kappa shape index (κ2) is 9.22. The zero-order valence-electron chi connectivity index (χ0n) is 14.2. The molecule has 1 aromatic heterocycles. The van der Waals surface area contributed by atoms with Crippen LogP contribution in [0.5, 0.6) is 11.5 Å². The summed E-state index contributed by atoms with van der Waals surface area (Å²) in [7, 11) is 0. The van der Waals surface area contributed by atoms with E-state index in [2.05, 4.69) is 15.5 Å². The standard InChI is InChI=1S/C17H23N3O3S/c1-4-22-13-8-5-6-9-14(13)23-11-7-10-15(21)18-17-20-19-16(24-17)12(2)3/h5-6,8-9,12H,4,7,10-11H2,1-3H3,(H,18,20,21). The van der Waals surface area contributed by atoms with Crippen LogP contribution in [-0.4, -0.2) is 29.3 Å². The molecule has 0 saturated carbocycles. The lowest BCUT2D eigenvalue weighted by Gasteiger charge is -2.11. The number of hydrogen-bond acceptors (Lipinski definition) is 6. The van der Waals surface area contributed by atoms with Crippen molar-refractivity contribution in [3.63, 3.8) is 0 Å². The van der Waals surface area contributed by atoms with Crippen molar-refractivity contribution < 1.29 is 14.3 Å². The Morgan fingerprint density at radius 3 is 2.54 bits per heavy atom. The molecule has 0 saturated heterocycles. The number of nitrogens with one attached hydrogen (secondary N) is 1. The summed E-state index contributed by atoms with van der Waals surface area (Å²) in [5.41, 5.74) is 0. The molecule has 24 heavy (non-hydrogen) atoms. The molecule has 1 aromatic carbocycles. The number of carbonyl (C=O) groups is 1. The fourth-order valence-electron chi connectivity index (χ4n) is 1.96. The Labute approximate surface area is 146 Å². The van der Waals surface area contributed by atoms with Crippen LogP contribution in [0.4, 0.5) is 5.13 Å². The van der Waals surface area contributed by atoms with Gasteiger partial charge in [-0.15, -0.1) is 10.2 Å². The highest BCUT2D eigenvalue weighted by Gasteiger charge is 2.10. The molecule has 0 atom stereocenters. The summed E-state index contributed by atoms with van der Waals surface area (Å²) in [6.07, 6.45) is 0.982. The molecule has 0 aliphatic carbocycles. The predicted molar refractivity (Wildman–Crippen MR) is 95.0 cm³/mol. The topological polar surface area (TPSA) is 73.3 Å². The van der Waals surface area contributed by atoms with Crippen molar-refractivity contribution in [2.45, 2.75) is 39.5 Å². The maximum atomic E-state index is 11.9. The number of nitrogens with zero attached hydrogens (tertiary/aromatic N) is 2. The highest BCUT2D eigenvalue weighted by Crippen LogP contribution is 2.26. The van der Waals surface area contributed by atoms with Crippen LogP contribution < -0.4 is 14.8 Å². The molecule has 6 nitrogen and oxygen atoms in total. The highest BCUT2D eigenvalue weighted by molar-refractivity contribution is 7.15. The lowest BCUT2D eigenvalue weighted by Crippen LogP contribution is -2.12. The maximum absolute atomic E-state index is 11.9. The molecule has 0 radical (unpaired) electrons. The van der Waals surface area contributed by atoms with Crippen molar-refractivity contribution in [2.24, 2.45) is 0 Å². The number of aromatic nitrogens is 2. The number of amides is 1. The molecular weight excluding hydrogens is 326 g/mol. The number of hydrogen-bond donors (Lipinski definition) is 1. The Morgan fingerprint density at radius 1 is 1.21 bits per heavy atom. The van der Waals surface area contributed by atoms with Gasteiger partial charge in [0.2, 0.25) is 11.0 Å². The van der Waals surface area contributed by atoms with Gasteiger partial charge in [0, 0.05) is 12.3 Å². The first-order valence-corrected chi connectivity index (χ1v) is 8.89. The van der Waals surface area contributed by atoms with E-state index in [0.717, 1.165) is 10.8 Å². The predicted octanol–water partition coefficient (Wildman–Crippen LogP) is 3.86. The van der Waals surface area contributed by atoms with Gasteiger partial charge in [-0.3, -0.25) is 4.79 Å². The third-order valence-electron chi connectivity index (χ3n) is 3.14. The fourth-order valence-corrected chi connectivity index (χ4v) is 2.72. The SMILES string of the molecule is CCOc1ccccc1OCCCC(=O)Nc1nnc(C(C)C)s1. The van der Waals surface area contributed by atoms with E-state index in [4.69, 9.17) is 9.47 Å². The average molecular weight is 349 g/mol. The van der Waals surface area contributed by atoms with E-state index in [1.165, 1.54) is 11.3 Å². The summed E-state index contributed by atoms with van der Waals surface area (Å²) < 4.78 is 11.2. The van der Waals surface area contributed by atoms with Gasteiger partial charge in [0.15, 0.2) is 11.5 Å². The minimum absolute atomic E-state index is 0.0804. The molecule has 130 valence electrons. The molecule has 1 N–H and O–H groups in total. The summed E-state index contributed by atoms with van der Waals surface area (Å²) in [6.45, 7) is 7.06. The maximum Gasteiger partial charge on any atom is 0.226 e. The van der Waals surface area contributed by atoms with Gasteiger partial charge in [-0.1, -0.05) is 37.3 Å². The largest absolute Gasteiger partial charge is 0.490 e. The molecular formula is C17H23N3O3S. The van der Waals surface area contributed by atoms with Gasteiger partial charge in [0.1, 0.15) is 5.01 Å². The Balaban J connectivity index is 1.73. The quantitative estimate of drug-likeness (QED) is 0.696. The second-order valence-electron chi connectivity index (χ2n) is 5.48. The molecule has 0 fully saturated rings. The summed E-state index contributed by atoms with van der Waals surface area (Å²) in [4.78, 5) is 11.9. The second-order valence-corrected chi connectivity index (χ2v) is 6.49. The molecule has 2 aromatic rings. The van der Waals surface area contributed by atoms with Gasteiger partial charge in [-0.05, 0) is 25.5 Å². The molecule has 0 bridgehead atoms. The Hall–Kier alpha value is -2.15. The minimum atomic E-state index is -0.0804. The Morgan fingerprint density at radius 2 is 1.92 bits per heavy atom. The number of para-hydroxylation sites is 2. The van der Waals surface area contributed by atoms with Crippen molar-refractivity contribution in [3.8, 4) is 11.5 Å². The van der Waals surface area contributed by atoms with E-state index < -0.39 is 0 Å². The van der Waals surface area contributed by atoms with Crippen molar-refractivity contribution in [1.82, 2.24) is 10.2 Å². The van der Waals surface area contributed by atoms with Crippen LogP contribution in [0.15, 0.2) is 24.3 Å². The summed E-state index contributed by atoms with van der Waals surface area (Å²) in [6, 6.07) is 7.53. The molecule has 0 aliphatic rings. The van der Waals surface area contributed by atoms with Gasteiger partial charge < -0.3 is 14.8 Å². The van der Waals surface area contributed by atoms with Gasteiger partial charge in [-0.25, -0.2) is 0 Å². The van der Waals surface area contributed by atoms with Crippen molar-refractivity contribution in [2.75, 3.05) is 18.5 Å². The molecule has 2 rings (SSSR count). The van der Waals surface area contributed by atoms with Crippen LogP contribution >= 0.6 is 11.3 Å². The summed E-state index contributed by atoms with van der Waals surface area (Å²) in [5, 5.41) is 12.3. The van der Waals surface area contributed by atoms with E-state index in [1.807, 2.05) is 45.0 Å². The smallest absolute Gasteiger partial charge is 0.226 e. The van der Waals surface area contributed by atoms with E-state index in [-0.39, 0.29) is 5.91 Å². The fraction of sp³-hybridized carbons (Fsp3) is 0.471. The average Bonchev–Trinajstić information content (AvgIpc) is 3.02. The van der Waals surface area contributed by atoms with E-state index in [1.54, 1.807) is 0 Å². The first kappa shape index (κ1) is 18.2. The minimum Gasteiger partial charge on any atom is -0.490 e. The van der Waals surface area contributed by atoms with Crippen LogP contribution in [-0.2, 0) is 4.79 Å². The molecule has 0 aliphatic heterocycles. The third kappa shape index (κ3) is 5.49. The van der Waals surface area contributed by atoms with Gasteiger partial charge in [-0.2, -0.15) is 0 Å². The van der Waals surface area contributed by atoms with Crippen molar-refractivity contribution in [1.29, 1.82) is 0 Å². The van der Waals surface area contributed by atoms with Crippen LogP contribution in [0, 0.1) is 0 Å². The van der Waals surface area contributed by atoms with Crippen LogP contribution in [0.3, 0.4) is 0 Å². The van der Waals surface area contributed by atoms with Crippen molar-refractivity contribution >= 4 is 22.4 Å². The molecule has 0 unspecified atom stereocenters. The summed E-state index contributed by atoms with van der Waals surface area (Å²) >= 11 is 1.41. The Bertz CT molecular complexity index is 658. The monoisotopic (exact) mass is 349 g/mol. The summed E-state index contributed by atoms with van der Waals surface area (Å²) in [5.74, 6) is 1.65. The molecule has 1 amide bonds. The van der Waals surface area contributed by atoms with E-state index >= 15 is 0 Å². The molecule has 7 heteroatoms. The van der Waals surface area contributed by atoms with Gasteiger partial charge in [0.25, 0.3) is 0 Å². The number of rotatable bonds is 9. The van der Waals surface area contributed by atoms with Crippen LogP contribution in [0.25, 0.3) is 0 Å². The highest BCUT2D eigenvalue weighted by atomic mass is 32.1. The number of ether oxygens (including phenoxy) is 2. The lowest BCUT2D eigenvalue weighted by molar-refractivity contribution is -0.116. The number of anilines is 1. The van der Waals surface area contributed by atoms with Crippen LogP contribution in [0.2, 0.25) is 0 Å². The van der Waals surface area contributed by atoms with Gasteiger partial charge >= 0.3 is 0 Å². The van der Waals surface area contributed by atoms with E-state index in [0.29, 0.717) is 42.9 Å². The third-order valence-corrected chi connectivity index (χ3v) is 4.27. The first-order chi connectivity index (χ1) is 11.6. The van der Waals surface area contributed by atoms with Crippen molar-refractivity contribution in [3.05, 3.63) is 29.3 Å². The zero-order valence-corrected chi connectivity index (χ0v) is 15.1. The van der Waals surface area contributed by atoms with E-state index in [9.17, 15) is 4.79 Å². The Kier molecular flexibility index (Phi) is 6.99. The van der Waals surface area contributed by atoms with Crippen LogP contribution in [0.1, 0.15) is 44.5 Å². The van der Waals surface area contributed by atoms with Gasteiger partial charge in [0.05, 0.1) is 13.2 Å². The lowest BCUT2D eigenvalue weighted by atomic mass is 10.2.